The van der Waals surface area contributed by atoms with Gasteiger partial charge in [0.05, 0.1) is 7.11 Å². The van der Waals surface area contributed by atoms with E-state index in [9.17, 15) is 9.59 Å². The average molecular weight is 351 g/mol. The molecule has 0 bridgehead atoms. The Morgan fingerprint density at radius 1 is 1.19 bits per heavy atom. The molecule has 0 aliphatic carbocycles. The summed E-state index contributed by atoms with van der Waals surface area (Å²) >= 11 is 0. The molecule has 0 aliphatic rings. The first-order valence-corrected chi connectivity index (χ1v) is 8.55. The fourth-order valence-corrected chi connectivity index (χ4v) is 2.96. The molecule has 3 aromatic rings. The number of amides is 1. The molecular formula is C21H21NO4. The molecule has 0 radical (unpaired) electrons. The maximum absolute atomic E-state index is 12.6. The summed E-state index contributed by atoms with van der Waals surface area (Å²) in [4.78, 5) is 25.0. The Morgan fingerprint density at radius 3 is 2.65 bits per heavy atom. The van der Waals surface area contributed by atoms with E-state index in [1.165, 1.54) is 0 Å². The van der Waals surface area contributed by atoms with Gasteiger partial charge in [-0.05, 0) is 43.2 Å². The number of hydrogen-bond donors (Lipinski definition) is 1. The molecule has 0 spiro atoms. The van der Waals surface area contributed by atoms with Crippen molar-refractivity contribution in [2.24, 2.45) is 0 Å². The lowest BCUT2D eigenvalue weighted by molar-refractivity contribution is 0.102. The van der Waals surface area contributed by atoms with Crippen LogP contribution < -0.4 is 15.7 Å². The lowest BCUT2D eigenvalue weighted by Crippen LogP contribution is -2.21. The molecule has 5 heteroatoms. The highest BCUT2D eigenvalue weighted by molar-refractivity contribution is 6.06. The molecule has 3 rings (SSSR count). The molecule has 0 saturated heterocycles. The van der Waals surface area contributed by atoms with E-state index in [4.69, 9.17) is 9.15 Å². The van der Waals surface area contributed by atoms with Crippen LogP contribution in [-0.2, 0) is 6.42 Å². The Kier molecular flexibility index (Phi) is 5.07. The van der Waals surface area contributed by atoms with Gasteiger partial charge in [0.1, 0.15) is 16.9 Å². The predicted octanol–water partition coefficient (Wildman–Crippen LogP) is 4.31. The number of carbonyl (C=O) groups is 1. The Balaban J connectivity index is 2.05. The van der Waals surface area contributed by atoms with Gasteiger partial charge < -0.3 is 14.5 Å². The zero-order valence-electron chi connectivity index (χ0n) is 15.1. The van der Waals surface area contributed by atoms with Crippen LogP contribution in [0.3, 0.4) is 0 Å². The molecule has 1 amide bonds. The van der Waals surface area contributed by atoms with E-state index < -0.39 is 11.5 Å². The van der Waals surface area contributed by atoms with Crippen LogP contribution in [-0.4, -0.2) is 13.0 Å². The van der Waals surface area contributed by atoms with Crippen LogP contribution in [0.4, 0.5) is 5.69 Å². The Labute approximate surface area is 151 Å². The molecule has 0 atom stereocenters. The molecule has 1 heterocycles. The standard InChI is InChI=1S/C21H21NO4/c1-4-7-15-18(25-3)11-10-14-12-16(21(24)26-19(14)15)20(23)22-17-9-6-5-8-13(17)2/h5-6,8-12H,4,7H2,1-3H3,(H,22,23). The van der Waals surface area contributed by atoms with Crippen LogP contribution in [0.15, 0.2) is 51.7 Å². The zero-order valence-corrected chi connectivity index (χ0v) is 15.1. The van der Waals surface area contributed by atoms with E-state index in [2.05, 4.69) is 5.32 Å². The summed E-state index contributed by atoms with van der Waals surface area (Å²) in [6.07, 6.45) is 1.60. The Bertz CT molecular complexity index is 1020. The second-order valence-electron chi connectivity index (χ2n) is 6.13. The van der Waals surface area contributed by atoms with Gasteiger partial charge in [0, 0.05) is 16.6 Å². The van der Waals surface area contributed by atoms with Crippen molar-refractivity contribution in [1.29, 1.82) is 0 Å². The van der Waals surface area contributed by atoms with Crippen molar-refractivity contribution in [3.8, 4) is 5.75 Å². The Morgan fingerprint density at radius 2 is 1.96 bits per heavy atom. The van der Waals surface area contributed by atoms with Gasteiger partial charge in [-0.3, -0.25) is 4.79 Å². The molecule has 1 aromatic heterocycles. The molecule has 0 aliphatic heterocycles. The molecule has 5 nitrogen and oxygen atoms in total. The normalized spacial score (nSPS) is 10.7. The molecule has 1 N–H and O–H groups in total. The Hall–Kier alpha value is -3.08. The third kappa shape index (κ3) is 3.33. The maximum atomic E-state index is 12.6. The summed E-state index contributed by atoms with van der Waals surface area (Å²) < 4.78 is 10.9. The van der Waals surface area contributed by atoms with Gasteiger partial charge in [0.15, 0.2) is 0 Å². The van der Waals surface area contributed by atoms with Crippen LogP contribution >= 0.6 is 0 Å². The molecule has 26 heavy (non-hydrogen) atoms. The van der Waals surface area contributed by atoms with Gasteiger partial charge in [0.25, 0.3) is 5.91 Å². The van der Waals surface area contributed by atoms with Crippen molar-refractivity contribution in [2.45, 2.75) is 26.7 Å². The lowest BCUT2D eigenvalue weighted by atomic mass is 10.0. The van der Waals surface area contributed by atoms with Crippen molar-refractivity contribution >= 4 is 22.6 Å². The summed E-state index contributed by atoms with van der Waals surface area (Å²) in [6.45, 7) is 3.93. The van der Waals surface area contributed by atoms with Crippen LogP contribution in [0.25, 0.3) is 11.0 Å². The third-order valence-corrected chi connectivity index (χ3v) is 4.32. The van der Waals surface area contributed by atoms with Crippen molar-refractivity contribution in [3.63, 3.8) is 0 Å². The minimum Gasteiger partial charge on any atom is -0.496 e. The number of benzene rings is 2. The van der Waals surface area contributed by atoms with Gasteiger partial charge in [-0.15, -0.1) is 0 Å². The molecule has 2 aromatic carbocycles. The van der Waals surface area contributed by atoms with Crippen molar-refractivity contribution < 1.29 is 13.9 Å². The minimum absolute atomic E-state index is 0.0200. The molecule has 134 valence electrons. The first-order valence-electron chi connectivity index (χ1n) is 8.55. The topological polar surface area (TPSA) is 68.5 Å². The lowest BCUT2D eigenvalue weighted by Gasteiger charge is -2.11. The molecular weight excluding hydrogens is 330 g/mol. The zero-order chi connectivity index (χ0) is 18.7. The fraction of sp³-hybridized carbons (Fsp3) is 0.238. The number of anilines is 1. The van der Waals surface area contributed by atoms with Crippen LogP contribution in [0.2, 0.25) is 0 Å². The number of aryl methyl sites for hydroxylation is 2. The van der Waals surface area contributed by atoms with Crippen molar-refractivity contribution in [3.05, 3.63) is 69.6 Å². The maximum Gasteiger partial charge on any atom is 0.349 e. The van der Waals surface area contributed by atoms with Crippen molar-refractivity contribution in [2.75, 3.05) is 12.4 Å². The highest BCUT2D eigenvalue weighted by Gasteiger charge is 2.17. The number of hydrogen-bond acceptors (Lipinski definition) is 4. The average Bonchev–Trinajstić information content (AvgIpc) is 2.63. The third-order valence-electron chi connectivity index (χ3n) is 4.32. The highest BCUT2D eigenvalue weighted by atomic mass is 16.5. The SMILES string of the molecule is CCCc1c(OC)ccc2cc(C(=O)Nc3ccccc3C)c(=O)oc12. The summed E-state index contributed by atoms with van der Waals surface area (Å²) in [5.41, 5.74) is 2.22. The summed E-state index contributed by atoms with van der Waals surface area (Å²) in [5.74, 6) is 0.197. The van der Waals surface area contributed by atoms with Gasteiger partial charge >= 0.3 is 5.63 Å². The monoisotopic (exact) mass is 351 g/mol. The van der Waals surface area contributed by atoms with Gasteiger partial charge in [-0.1, -0.05) is 31.5 Å². The number of rotatable bonds is 5. The first-order chi connectivity index (χ1) is 12.5. The van der Waals surface area contributed by atoms with Crippen LogP contribution in [0.1, 0.15) is 34.8 Å². The van der Waals surface area contributed by atoms with Crippen LogP contribution in [0, 0.1) is 6.92 Å². The van der Waals surface area contributed by atoms with Crippen LogP contribution in [0.5, 0.6) is 5.75 Å². The fourth-order valence-electron chi connectivity index (χ4n) is 2.96. The summed E-state index contributed by atoms with van der Waals surface area (Å²) in [7, 11) is 1.59. The predicted molar refractivity (Wildman–Crippen MR) is 102 cm³/mol. The van der Waals surface area contributed by atoms with E-state index in [0.717, 1.165) is 24.0 Å². The van der Waals surface area contributed by atoms with Gasteiger partial charge in [-0.25, -0.2) is 4.79 Å². The van der Waals surface area contributed by atoms with Gasteiger partial charge in [0.2, 0.25) is 0 Å². The quantitative estimate of drug-likeness (QED) is 0.695. The van der Waals surface area contributed by atoms with E-state index in [1.807, 2.05) is 38.1 Å². The van der Waals surface area contributed by atoms with Crippen molar-refractivity contribution in [1.82, 2.24) is 0 Å². The number of ether oxygens (including phenoxy) is 1. The molecule has 0 unspecified atom stereocenters. The van der Waals surface area contributed by atoms with E-state index >= 15 is 0 Å². The second kappa shape index (κ2) is 7.44. The molecule has 0 saturated carbocycles. The number of para-hydroxylation sites is 1. The second-order valence-corrected chi connectivity index (χ2v) is 6.13. The number of methoxy groups -OCH3 is 1. The number of carbonyl (C=O) groups excluding carboxylic acids is 1. The summed E-state index contributed by atoms with van der Waals surface area (Å²) in [5, 5.41) is 3.47. The van der Waals surface area contributed by atoms with Gasteiger partial charge in [-0.2, -0.15) is 0 Å². The highest BCUT2D eigenvalue weighted by Crippen LogP contribution is 2.29. The van der Waals surface area contributed by atoms with E-state index in [-0.39, 0.29) is 5.56 Å². The number of nitrogens with one attached hydrogen (secondary N) is 1. The minimum atomic E-state index is -0.658. The summed E-state index contributed by atoms with van der Waals surface area (Å²) in [6, 6.07) is 12.6. The van der Waals surface area contributed by atoms with E-state index in [1.54, 1.807) is 25.3 Å². The van der Waals surface area contributed by atoms with E-state index in [0.29, 0.717) is 22.4 Å². The first kappa shape index (κ1) is 17.7. The largest absolute Gasteiger partial charge is 0.496 e. The molecule has 0 fully saturated rings. The smallest absolute Gasteiger partial charge is 0.349 e. The number of fused-ring (bicyclic) bond motifs is 1.